The molecule has 1 atom stereocenters. The van der Waals surface area contributed by atoms with Crippen molar-refractivity contribution < 1.29 is 4.39 Å². The van der Waals surface area contributed by atoms with Crippen molar-refractivity contribution in [3.05, 3.63) is 55.9 Å². The third-order valence-corrected chi connectivity index (χ3v) is 4.85. The summed E-state index contributed by atoms with van der Waals surface area (Å²) in [5.74, 6) is 5.40. The molecule has 0 aliphatic rings. The topological polar surface area (TPSA) is 38.0 Å². The molecule has 102 valence electrons. The van der Waals surface area contributed by atoms with Crippen LogP contribution in [0.15, 0.2) is 34.8 Å². The Kier molecular flexibility index (Phi) is 5.10. The molecular formula is C14H16BrFN2S. The van der Waals surface area contributed by atoms with Crippen LogP contribution in [0.4, 0.5) is 4.39 Å². The summed E-state index contributed by atoms with van der Waals surface area (Å²) >= 11 is 4.98. The fraction of sp³-hybridized carbons (Fsp3) is 0.286. The van der Waals surface area contributed by atoms with Gasteiger partial charge in [-0.2, -0.15) is 0 Å². The van der Waals surface area contributed by atoms with E-state index in [0.29, 0.717) is 12.0 Å². The van der Waals surface area contributed by atoms with Gasteiger partial charge >= 0.3 is 0 Å². The van der Waals surface area contributed by atoms with Gasteiger partial charge < -0.3 is 0 Å². The molecule has 0 spiro atoms. The number of hydrogen-bond donors (Lipinski definition) is 2. The first kappa shape index (κ1) is 14.7. The van der Waals surface area contributed by atoms with E-state index in [4.69, 9.17) is 5.84 Å². The van der Waals surface area contributed by atoms with Crippen LogP contribution in [-0.2, 0) is 12.8 Å². The van der Waals surface area contributed by atoms with E-state index in [2.05, 4.69) is 40.4 Å². The molecule has 0 aliphatic heterocycles. The van der Waals surface area contributed by atoms with Crippen molar-refractivity contribution in [2.75, 3.05) is 0 Å². The SMILES string of the molecule is CCc1ccc(C(Cc2ccc(Br)cc2F)NN)s1. The van der Waals surface area contributed by atoms with E-state index < -0.39 is 0 Å². The van der Waals surface area contributed by atoms with Gasteiger partial charge in [-0.25, -0.2) is 4.39 Å². The molecule has 1 aromatic heterocycles. The Morgan fingerprint density at radius 3 is 2.74 bits per heavy atom. The molecule has 3 N–H and O–H groups in total. The first-order valence-corrected chi connectivity index (χ1v) is 7.73. The fourth-order valence-electron chi connectivity index (χ4n) is 1.92. The highest BCUT2D eigenvalue weighted by molar-refractivity contribution is 9.10. The number of hydrazine groups is 1. The van der Waals surface area contributed by atoms with E-state index in [1.165, 1.54) is 10.9 Å². The second-order valence-corrected chi connectivity index (χ2v) is 6.43. The number of aryl methyl sites for hydroxylation is 1. The average Bonchev–Trinajstić information content (AvgIpc) is 2.86. The number of rotatable bonds is 5. The van der Waals surface area contributed by atoms with Crippen LogP contribution in [-0.4, -0.2) is 0 Å². The van der Waals surface area contributed by atoms with Crippen molar-refractivity contribution in [3.8, 4) is 0 Å². The van der Waals surface area contributed by atoms with Crippen LogP contribution in [0.2, 0.25) is 0 Å². The molecule has 0 saturated heterocycles. The first-order chi connectivity index (χ1) is 9.13. The number of halogens is 2. The van der Waals surface area contributed by atoms with Crippen molar-refractivity contribution in [2.45, 2.75) is 25.8 Å². The van der Waals surface area contributed by atoms with E-state index in [9.17, 15) is 4.39 Å². The zero-order chi connectivity index (χ0) is 13.8. The smallest absolute Gasteiger partial charge is 0.127 e. The molecule has 2 rings (SSSR count). The van der Waals surface area contributed by atoms with E-state index in [1.54, 1.807) is 17.4 Å². The number of nitrogens with two attached hydrogens (primary N) is 1. The highest BCUT2D eigenvalue weighted by Gasteiger charge is 2.15. The van der Waals surface area contributed by atoms with Gasteiger partial charge in [0.05, 0.1) is 6.04 Å². The van der Waals surface area contributed by atoms with Crippen molar-refractivity contribution in [3.63, 3.8) is 0 Å². The number of hydrogen-bond acceptors (Lipinski definition) is 3. The average molecular weight is 343 g/mol. The molecule has 0 amide bonds. The number of benzene rings is 1. The van der Waals surface area contributed by atoms with Crippen LogP contribution < -0.4 is 11.3 Å². The Morgan fingerprint density at radius 1 is 1.37 bits per heavy atom. The predicted molar refractivity (Wildman–Crippen MR) is 81.6 cm³/mol. The van der Waals surface area contributed by atoms with Crippen LogP contribution in [0.1, 0.15) is 28.3 Å². The molecule has 1 aromatic carbocycles. The number of thiophene rings is 1. The summed E-state index contributed by atoms with van der Waals surface area (Å²) in [5.41, 5.74) is 3.44. The predicted octanol–water partition coefficient (Wildman–Crippen LogP) is 3.96. The molecule has 2 nitrogen and oxygen atoms in total. The maximum Gasteiger partial charge on any atom is 0.127 e. The van der Waals surface area contributed by atoms with Crippen molar-refractivity contribution in [1.82, 2.24) is 5.43 Å². The summed E-state index contributed by atoms with van der Waals surface area (Å²) in [7, 11) is 0. The zero-order valence-electron chi connectivity index (χ0n) is 10.6. The standard InChI is InChI=1S/C14H16BrFN2S/c1-2-11-5-6-14(19-11)13(18-17)7-9-3-4-10(15)8-12(9)16/h3-6,8,13,18H,2,7,17H2,1H3. The van der Waals surface area contributed by atoms with Crippen LogP contribution in [0.5, 0.6) is 0 Å². The van der Waals surface area contributed by atoms with Gasteiger partial charge in [-0.1, -0.05) is 28.9 Å². The van der Waals surface area contributed by atoms with Gasteiger partial charge in [0.1, 0.15) is 5.82 Å². The molecule has 5 heteroatoms. The normalized spacial score (nSPS) is 12.6. The lowest BCUT2D eigenvalue weighted by Crippen LogP contribution is -2.29. The molecule has 2 aromatic rings. The lowest BCUT2D eigenvalue weighted by Gasteiger charge is -2.15. The zero-order valence-corrected chi connectivity index (χ0v) is 13.0. The number of nitrogens with one attached hydrogen (secondary N) is 1. The van der Waals surface area contributed by atoms with Gasteiger partial charge in [-0.05, 0) is 42.7 Å². The summed E-state index contributed by atoms with van der Waals surface area (Å²) in [5, 5.41) is 0. The second-order valence-electron chi connectivity index (χ2n) is 4.32. The minimum atomic E-state index is -0.207. The minimum absolute atomic E-state index is 0.0547. The highest BCUT2D eigenvalue weighted by Crippen LogP contribution is 2.27. The van der Waals surface area contributed by atoms with Gasteiger partial charge in [0, 0.05) is 14.2 Å². The third kappa shape index (κ3) is 3.63. The largest absolute Gasteiger partial charge is 0.271 e. The molecule has 0 saturated carbocycles. The third-order valence-electron chi connectivity index (χ3n) is 3.01. The molecule has 0 radical (unpaired) electrons. The van der Waals surface area contributed by atoms with E-state index in [-0.39, 0.29) is 11.9 Å². The monoisotopic (exact) mass is 342 g/mol. The van der Waals surface area contributed by atoms with Gasteiger partial charge in [0.2, 0.25) is 0 Å². The Labute approximate surface area is 124 Å². The molecule has 19 heavy (non-hydrogen) atoms. The molecule has 0 fully saturated rings. The minimum Gasteiger partial charge on any atom is -0.271 e. The molecule has 0 bridgehead atoms. The Morgan fingerprint density at radius 2 is 2.16 bits per heavy atom. The van der Waals surface area contributed by atoms with Crippen LogP contribution in [0, 0.1) is 5.82 Å². The maximum atomic E-state index is 13.8. The van der Waals surface area contributed by atoms with Crippen molar-refractivity contribution in [2.24, 2.45) is 5.84 Å². The van der Waals surface area contributed by atoms with E-state index in [1.807, 2.05) is 6.07 Å². The molecule has 1 heterocycles. The van der Waals surface area contributed by atoms with Gasteiger partial charge in [0.15, 0.2) is 0 Å². The quantitative estimate of drug-likeness (QED) is 0.637. The summed E-state index contributed by atoms with van der Waals surface area (Å²) < 4.78 is 14.6. The molecule has 0 aliphatic carbocycles. The summed E-state index contributed by atoms with van der Waals surface area (Å²) in [6.07, 6.45) is 1.55. The van der Waals surface area contributed by atoms with Crippen LogP contribution in [0.3, 0.4) is 0 Å². The maximum absolute atomic E-state index is 13.8. The lowest BCUT2D eigenvalue weighted by molar-refractivity contribution is 0.535. The fourth-order valence-corrected chi connectivity index (χ4v) is 3.27. The Hall–Kier alpha value is -0.750. The van der Waals surface area contributed by atoms with E-state index >= 15 is 0 Å². The summed E-state index contributed by atoms with van der Waals surface area (Å²) in [6, 6.07) is 9.22. The Bertz CT molecular complexity index is 556. The summed E-state index contributed by atoms with van der Waals surface area (Å²) in [4.78, 5) is 2.45. The second kappa shape index (κ2) is 6.61. The molecule has 1 unspecified atom stereocenters. The van der Waals surface area contributed by atoms with Gasteiger partial charge in [0.25, 0.3) is 0 Å². The molecular weight excluding hydrogens is 327 g/mol. The van der Waals surface area contributed by atoms with E-state index in [0.717, 1.165) is 15.8 Å². The van der Waals surface area contributed by atoms with Crippen LogP contribution >= 0.6 is 27.3 Å². The lowest BCUT2D eigenvalue weighted by atomic mass is 10.0. The van der Waals surface area contributed by atoms with Crippen molar-refractivity contribution >= 4 is 27.3 Å². The highest BCUT2D eigenvalue weighted by atomic mass is 79.9. The first-order valence-electron chi connectivity index (χ1n) is 6.12. The Balaban J connectivity index is 2.18. The van der Waals surface area contributed by atoms with Gasteiger partial charge in [-0.15, -0.1) is 11.3 Å². The van der Waals surface area contributed by atoms with Crippen molar-refractivity contribution in [1.29, 1.82) is 0 Å². The summed E-state index contributed by atoms with van der Waals surface area (Å²) in [6.45, 7) is 2.12. The van der Waals surface area contributed by atoms with Crippen LogP contribution in [0.25, 0.3) is 0 Å². The van der Waals surface area contributed by atoms with Gasteiger partial charge in [-0.3, -0.25) is 11.3 Å².